The van der Waals surface area contributed by atoms with Gasteiger partial charge in [0.2, 0.25) is 5.91 Å². The van der Waals surface area contributed by atoms with E-state index >= 15 is 0 Å². The van der Waals surface area contributed by atoms with Gasteiger partial charge in [-0.15, -0.1) is 0 Å². The van der Waals surface area contributed by atoms with Crippen LogP contribution < -0.4 is 16.8 Å². The van der Waals surface area contributed by atoms with Gasteiger partial charge in [-0.2, -0.15) is 0 Å². The molecule has 0 aromatic heterocycles. The number of hydrogen-bond donors (Lipinski definition) is 3. The average molecular weight is 328 g/mol. The Balaban J connectivity index is 1.55. The highest BCUT2D eigenvalue weighted by Crippen LogP contribution is 2.29. The van der Waals surface area contributed by atoms with Crippen LogP contribution in [0.1, 0.15) is 49.7 Å². The van der Waals surface area contributed by atoms with Crippen LogP contribution in [0.15, 0.2) is 23.2 Å². The molecule has 5 nitrogen and oxygen atoms in total. The Kier molecular flexibility index (Phi) is 5.38. The zero-order valence-corrected chi connectivity index (χ0v) is 14.3. The molecule has 1 aromatic rings. The number of aliphatic imine (C=N–C) groups is 1. The first-order valence-corrected chi connectivity index (χ1v) is 9.10. The van der Waals surface area contributed by atoms with Crippen LogP contribution in [0.5, 0.6) is 0 Å². The Labute approximate surface area is 143 Å². The third-order valence-corrected chi connectivity index (χ3v) is 5.43. The van der Waals surface area contributed by atoms with Gasteiger partial charge in [-0.25, -0.2) is 0 Å². The molecule has 0 bridgehead atoms. The number of rotatable bonds is 4. The van der Waals surface area contributed by atoms with Crippen LogP contribution in [-0.4, -0.2) is 18.4 Å². The van der Waals surface area contributed by atoms with E-state index < -0.39 is 0 Å². The summed E-state index contributed by atoms with van der Waals surface area (Å²) in [6.07, 6.45) is 8.56. The Bertz CT molecular complexity index is 618. The number of carbonyl (C=O) groups is 1. The van der Waals surface area contributed by atoms with Gasteiger partial charge in [0.15, 0.2) is 5.96 Å². The number of primary amides is 1. The number of amides is 1. The number of guanidine groups is 1. The smallest absolute Gasteiger partial charge is 0.220 e. The molecule has 3 rings (SSSR count). The highest BCUT2D eigenvalue weighted by molar-refractivity contribution is 5.93. The van der Waals surface area contributed by atoms with Crippen molar-refractivity contribution in [2.75, 3.05) is 11.9 Å². The van der Waals surface area contributed by atoms with E-state index in [-0.39, 0.29) is 11.8 Å². The average Bonchev–Trinajstić information content (AvgIpc) is 2.61. The number of hydrogen-bond acceptors (Lipinski definition) is 2. The van der Waals surface area contributed by atoms with Gasteiger partial charge in [-0.3, -0.25) is 9.79 Å². The Morgan fingerprint density at radius 3 is 2.62 bits per heavy atom. The first-order chi connectivity index (χ1) is 11.6. The molecule has 130 valence electrons. The van der Waals surface area contributed by atoms with Gasteiger partial charge in [-0.1, -0.05) is 12.1 Å². The molecule has 24 heavy (non-hydrogen) atoms. The molecule has 0 unspecified atom stereocenters. The lowest BCUT2D eigenvalue weighted by Gasteiger charge is -2.25. The van der Waals surface area contributed by atoms with Crippen LogP contribution in [0, 0.1) is 11.8 Å². The summed E-state index contributed by atoms with van der Waals surface area (Å²) in [5.74, 6) is 0.889. The van der Waals surface area contributed by atoms with Crippen molar-refractivity contribution in [3.63, 3.8) is 0 Å². The van der Waals surface area contributed by atoms with E-state index in [0.717, 1.165) is 50.8 Å². The number of aryl methyl sites for hydroxylation is 1. The van der Waals surface area contributed by atoms with Crippen molar-refractivity contribution in [2.24, 2.45) is 28.3 Å². The van der Waals surface area contributed by atoms with E-state index in [1.807, 2.05) is 0 Å². The topological polar surface area (TPSA) is 93.5 Å². The highest BCUT2D eigenvalue weighted by atomic mass is 16.1. The third-order valence-electron chi connectivity index (χ3n) is 5.43. The Morgan fingerprint density at radius 1 is 1.12 bits per heavy atom. The minimum absolute atomic E-state index is 0.0524. The number of nitrogens with one attached hydrogen (secondary N) is 1. The van der Waals surface area contributed by atoms with Crippen LogP contribution >= 0.6 is 0 Å². The van der Waals surface area contributed by atoms with Crippen molar-refractivity contribution in [1.82, 2.24) is 0 Å². The second-order valence-corrected chi connectivity index (χ2v) is 7.12. The molecular formula is C19H28N4O. The molecule has 1 fully saturated rings. The number of fused-ring (bicyclic) bond motifs is 1. The van der Waals surface area contributed by atoms with E-state index in [1.54, 1.807) is 0 Å². The quantitative estimate of drug-likeness (QED) is 0.586. The summed E-state index contributed by atoms with van der Waals surface area (Å²) >= 11 is 0. The summed E-state index contributed by atoms with van der Waals surface area (Å²) in [6, 6.07) is 6.39. The van der Waals surface area contributed by atoms with Gasteiger partial charge in [0.05, 0.1) is 0 Å². The van der Waals surface area contributed by atoms with E-state index in [1.165, 1.54) is 24.0 Å². The second-order valence-electron chi connectivity index (χ2n) is 7.12. The maximum atomic E-state index is 11.2. The van der Waals surface area contributed by atoms with Gasteiger partial charge >= 0.3 is 0 Å². The molecule has 0 atom stereocenters. The number of nitrogens with two attached hydrogens (primary N) is 2. The lowest BCUT2D eigenvalue weighted by molar-refractivity contribution is -0.122. The summed E-state index contributed by atoms with van der Waals surface area (Å²) in [5, 5.41) is 3.29. The largest absolute Gasteiger partial charge is 0.370 e. The number of benzene rings is 1. The first kappa shape index (κ1) is 16.8. The maximum Gasteiger partial charge on any atom is 0.220 e. The van der Waals surface area contributed by atoms with Crippen molar-refractivity contribution < 1.29 is 4.79 Å². The van der Waals surface area contributed by atoms with Gasteiger partial charge in [-0.05, 0) is 74.5 Å². The predicted octanol–water partition coefficient (Wildman–Crippen LogP) is 2.58. The van der Waals surface area contributed by atoms with E-state index in [0.29, 0.717) is 11.9 Å². The van der Waals surface area contributed by atoms with Crippen LogP contribution in [0.2, 0.25) is 0 Å². The SMILES string of the molecule is NC(=O)C1CCC(CN=C(N)Nc2cccc3c2CCCC3)CC1. The van der Waals surface area contributed by atoms with E-state index in [9.17, 15) is 4.79 Å². The van der Waals surface area contributed by atoms with E-state index in [2.05, 4.69) is 28.5 Å². The van der Waals surface area contributed by atoms with Gasteiger partial charge in [0.25, 0.3) is 0 Å². The molecule has 5 heteroatoms. The van der Waals surface area contributed by atoms with Crippen LogP contribution in [0.25, 0.3) is 0 Å². The summed E-state index contributed by atoms with van der Waals surface area (Å²) in [5.41, 5.74) is 15.4. The molecule has 0 spiro atoms. The second kappa shape index (κ2) is 7.69. The molecule has 1 amide bonds. The summed E-state index contributed by atoms with van der Waals surface area (Å²) < 4.78 is 0. The minimum atomic E-state index is -0.160. The Hall–Kier alpha value is -2.04. The normalized spacial score (nSPS) is 24.2. The third kappa shape index (κ3) is 4.08. The van der Waals surface area contributed by atoms with Gasteiger partial charge in [0.1, 0.15) is 0 Å². The molecular weight excluding hydrogens is 300 g/mol. The number of nitrogens with zero attached hydrogens (tertiary/aromatic N) is 1. The first-order valence-electron chi connectivity index (χ1n) is 9.10. The molecule has 2 aliphatic carbocycles. The molecule has 2 aliphatic rings. The van der Waals surface area contributed by atoms with Crippen molar-refractivity contribution in [1.29, 1.82) is 0 Å². The fourth-order valence-corrected chi connectivity index (χ4v) is 3.93. The molecule has 0 radical (unpaired) electrons. The van der Waals surface area contributed by atoms with Crippen molar-refractivity contribution in [2.45, 2.75) is 51.4 Å². The number of anilines is 1. The lowest BCUT2D eigenvalue weighted by Crippen LogP contribution is -2.29. The van der Waals surface area contributed by atoms with Crippen molar-refractivity contribution in [3.05, 3.63) is 29.3 Å². The van der Waals surface area contributed by atoms with Crippen LogP contribution in [0.4, 0.5) is 5.69 Å². The maximum absolute atomic E-state index is 11.2. The van der Waals surface area contributed by atoms with E-state index in [4.69, 9.17) is 11.5 Å². The monoisotopic (exact) mass is 328 g/mol. The summed E-state index contributed by atoms with van der Waals surface area (Å²) in [4.78, 5) is 15.7. The molecule has 1 aromatic carbocycles. The van der Waals surface area contributed by atoms with Gasteiger partial charge < -0.3 is 16.8 Å². The molecule has 0 saturated heterocycles. The standard InChI is InChI=1S/C19H28N4O/c20-18(24)15-10-8-13(9-11-15)12-22-19(21)23-17-7-3-5-14-4-1-2-6-16(14)17/h3,5,7,13,15H,1-2,4,6,8-12H2,(H2,20,24)(H3,21,22,23). The Morgan fingerprint density at radius 2 is 1.88 bits per heavy atom. The molecule has 1 saturated carbocycles. The molecule has 5 N–H and O–H groups in total. The van der Waals surface area contributed by atoms with Gasteiger partial charge in [0, 0.05) is 18.2 Å². The fraction of sp³-hybridized carbons (Fsp3) is 0.579. The lowest BCUT2D eigenvalue weighted by atomic mass is 9.82. The van der Waals surface area contributed by atoms with Crippen LogP contribution in [0.3, 0.4) is 0 Å². The fourth-order valence-electron chi connectivity index (χ4n) is 3.93. The predicted molar refractivity (Wildman–Crippen MR) is 97.8 cm³/mol. The minimum Gasteiger partial charge on any atom is -0.370 e. The zero-order chi connectivity index (χ0) is 16.9. The summed E-state index contributed by atoms with van der Waals surface area (Å²) in [6.45, 7) is 0.722. The number of carbonyl (C=O) groups excluding carboxylic acids is 1. The molecule has 0 aliphatic heterocycles. The van der Waals surface area contributed by atoms with Crippen molar-refractivity contribution >= 4 is 17.6 Å². The highest BCUT2D eigenvalue weighted by Gasteiger charge is 2.24. The van der Waals surface area contributed by atoms with Crippen molar-refractivity contribution in [3.8, 4) is 0 Å². The summed E-state index contributed by atoms with van der Waals surface area (Å²) in [7, 11) is 0. The molecule has 0 heterocycles. The zero-order valence-electron chi connectivity index (χ0n) is 14.3. The van der Waals surface area contributed by atoms with Crippen LogP contribution in [-0.2, 0) is 17.6 Å².